The number of ketones is 1. The third kappa shape index (κ3) is 4.38. The molecule has 1 N–H and O–H groups in total. The molecule has 166 valence electrons. The van der Waals surface area contributed by atoms with Crippen molar-refractivity contribution in [2.75, 3.05) is 6.61 Å². The van der Waals surface area contributed by atoms with Crippen LogP contribution in [-0.4, -0.2) is 22.1 Å². The second-order valence-electron chi connectivity index (χ2n) is 6.59. The Kier molecular flexibility index (Phi) is 7.38. The maximum atomic E-state index is 13.7. The Morgan fingerprint density at radius 3 is 2.13 bits per heavy atom. The van der Waals surface area contributed by atoms with Crippen molar-refractivity contribution in [1.29, 1.82) is 5.26 Å². The van der Waals surface area contributed by atoms with Crippen molar-refractivity contribution in [2.24, 2.45) is 0 Å². The van der Waals surface area contributed by atoms with E-state index in [1.165, 1.54) is 6.92 Å². The molecule has 0 fully saturated rings. The molecule has 0 bridgehead atoms. The van der Waals surface area contributed by atoms with Crippen molar-refractivity contribution in [3.63, 3.8) is 0 Å². The van der Waals surface area contributed by atoms with Gasteiger partial charge in [-0.1, -0.05) is 19.8 Å². The highest BCUT2D eigenvalue weighted by Gasteiger charge is 2.29. The normalized spacial score (nSPS) is 10.8. The molecule has 0 saturated heterocycles. The van der Waals surface area contributed by atoms with Crippen LogP contribution >= 0.6 is 0 Å². The molecule has 0 aliphatic heterocycles. The van der Waals surface area contributed by atoms with Gasteiger partial charge in [0, 0.05) is 6.54 Å². The highest BCUT2D eigenvalue weighted by Crippen LogP contribution is 2.30. The summed E-state index contributed by atoms with van der Waals surface area (Å²) in [6.07, 6.45) is 1.93. The van der Waals surface area contributed by atoms with E-state index < -0.39 is 69.8 Å². The molecule has 0 aliphatic carbocycles. The van der Waals surface area contributed by atoms with Crippen LogP contribution in [0, 0.1) is 47.3 Å². The average molecular weight is 444 g/mol. The Bertz CT molecular complexity index is 1110. The summed E-state index contributed by atoms with van der Waals surface area (Å²) < 4.78 is 72.5. The summed E-state index contributed by atoms with van der Waals surface area (Å²) in [5, 5.41) is 19.7. The Morgan fingerprint density at radius 2 is 1.61 bits per heavy atom. The lowest BCUT2D eigenvalue weighted by Crippen LogP contribution is -2.28. The number of aromatic nitrogens is 1. The maximum absolute atomic E-state index is 13.7. The molecular weight excluding hydrogens is 427 g/mol. The van der Waals surface area contributed by atoms with E-state index in [9.17, 15) is 41.9 Å². The van der Waals surface area contributed by atoms with E-state index in [1.807, 2.05) is 6.92 Å². The summed E-state index contributed by atoms with van der Waals surface area (Å²) in [5.41, 5.74) is -2.00. The molecule has 2 rings (SSSR count). The minimum absolute atomic E-state index is 0.00769. The molecule has 2 aromatic rings. The van der Waals surface area contributed by atoms with Gasteiger partial charge in [-0.15, -0.1) is 0 Å². The number of aromatic hydroxyl groups is 1. The van der Waals surface area contributed by atoms with Gasteiger partial charge in [-0.2, -0.15) is 14.0 Å². The van der Waals surface area contributed by atoms with Crippen LogP contribution in [0.3, 0.4) is 0 Å². The molecule has 0 aliphatic rings. The van der Waals surface area contributed by atoms with Gasteiger partial charge >= 0.3 is 0 Å². The van der Waals surface area contributed by atoms with Gasteiger partial charge in [0.05, 0.1) is 5.56 Å². The molecule has 1 aromatic heterocycles. The number of pyridine rings is 1. The summed E-state index contributed by atoms with van der Waals surface area (Å²) in [6.45, 7) is 1.85. The van der Waals surface area contributed by atoms with Crippen molar-refractivity contribution in [1.82, 2.24) is 4.57 Å². The number of rotatable bonds is 8. The lowest BCUT2D eigenvalue weighted by Gasteiger charge is -2.16. The fourth-order valence-electron chi connectivity index (χ4n) is 2.93. The third-order valence-corrected chi connectivity index (χ3v) is 4.58. The molecule has 0 unspecified atom stereocenters. The number of nitrogens with zero attached hydrogens (tertiary/aromatic N) is 2. The molecule has 0 radical (unpaired) electrons. The molecular formula is C20H17F5N2O4. The van der Waals surface area contributed by atoms with Crippen molar-refractivity contribution in [3.8, 4) is 17.7 Å². The first-order valence-electron chi connectivity index (χ1n) is 9.12. The van der Waals surface area contributed by atoms with Crippen LogP contribution in [0.4, 0.5) is 22.0 Å². The molecule has 11 heteroatoms. The summed E-state index contributed by atoms with van der Waals surface area (Å²) in [7, 11) is 0. The SMILES string of the molecule is CCCCCn1c(O)c(C(=O)COc2c(F)c(F)c(F)c(F)c2F)c(C)c(C#N)c1=O. The van der Waals surface area contributed by atoms with E-state index in [1.54, 1.807) is 6.07 Å². The Hall–Kier alpha value is -3.42. The minimum atomic E-state index is -2.39. The first kappa shape index (κ1) is 23.9. The monoisotopic (exact) mass is 444 g/mol. The lowest BCUT2D eigenvalue weighted by atomic mass is 10.0. The number of unbranched alkanes of at least 4 members (excludes halogenated alkanes) is 2. The molecule has 31 heavy (non-hydrogen) atoms. The van der Waals surface area contributed by atoms with Crippen molar-refractivity contribution in [2.45, 2.75) is 39.7 Å². The van der Waals surface area contributed by atoms with E-state index in [0.29, 0.717) is 12.8 Å². The number of hydrogen-bond acceptors (Lipinski definition) is 5. The molecule has 1 heterocycles. The van der Waals surface area contributed by atoms with E-state index in [-0.39, 0.29) is 12.1 Å². The fraction of sp³-hybridized carbons (Fsp3) is 0.350. The third-order valence-electron chi connectivity index (χ3n) is 4.58. The predicted octanol–water partition coefficient (Wildman–Crippen LogP) is 3.88. The van der Waals surface area contributed by atoms with Gasteiger partial charge < -0.3 is 9.84 Å². The van der Waals surface area contributed by atoms with Crippen LogP contribution in [0.2, 0.25) is 0 Å². The van der Waals surface area contributed by atoms with Gasteiger partial charge in [0.25, 0.3) is 5.56 Å². The maximum Gasteiger partial charge on any atom is 0.271 e. The minimum Gasteiger partial charge on any atom is -0.494 e. The van der Waals surface area contributed by atoms with Crippen molar-refractivity contribution < 1.29 is 36.6 Å². The fourth-order valence-corrected chi connectivity index (χ4v) is 2.93. The topological polar surface area (TPSA) is 92.3 Å². The van der Waals surface area contributed by atoms with Gasteiger partial charge in [-0.3, -0.25) is 14.2 Å². The van der Waals surface area contributed by atoms with E-state index >= 15 is 0 Å². The number of nitriles is 1. The average Bonchev–Trinajstić information content (AvgIpc) is 2.73. The smallest absolute Gasteiger partial charge is 0.271 e. The number of hydrogen-bond donors (Lipinski definition) is 1. The van der Waals surface area contributed by atoms with Gasteiger partial charge in [-0.25, -0.2) is 13.2 Å². The summed E-state index contributed by atoms with van der Waals surface area (Å²) >= 11 is 0. The summed E-state index contributed by atoms with van der Waals surface area (Å²) in [6, 6.07) is 1.63. The van der Waals surface area contributed by atoms with Gasteiger partial charge in [-0.05, 0) is 18.9 Å². The van der Waals surface area contributed by atoms with Crippen LogP contribution in [0.1, 0.15) is 47.7 Å². The first-order chi connectivity index (χ1) is 14.6. The van der Waals surface area contributed by atoms with Crippen LogP contribution in [0.15, 0.2) is 4.79 Å². The largest absolute Gasteiger partial charge is 0.494 e. The lowest BCUT2D eigenvalue weighted by molar-refractivity contribution is 0.0908. The second-order valence-corrected chi connectivity index (χ2v) is 6.59. The highest BCUT2D eigenvalue weighted by molar-refractivity contribution is 6.01. The van der Waals surface area contributed by atoms with E-state index in [2.05, 4.69) is 4.74 Å². The molecule has 0 amide bonds. The van der Waals surface area contributed by atoms with Crippen LogP contribution in [0.5, 0.6) is 11.6 Å². The van der Waals surface area contributed by atoms with Crippen molar-refractivity contribution >= 4 is 5.78 Å². The predicted molar refractivity (Wildman–Crippen MR) is 97.4 cm³/mol. The Morgan fingerprint density at radius 1 is 1.06 bits per heavy atom. The molecule has 6 nitrogen and oxygen atoms in total. The molecule has 0 atom stereocenters. The molecule has 0 spiro atoms. The van der Waals surface area contributed by atoms with Crippen LogP contribution in [-0.2, 0) is 6.54 Å². The van der Waals surface area contributed by atoms with Gasteiger partial charge in [0.2, 0.25) is 40.7 Å². The zero-order valence-corrected chi connectivity index (χ0v) is 16.5. The number of carbonyl (C=O) groups is 1. The van der Waals surface area contributed by atoms with E-state index in [4.69, 9.17) is 0 Å². The standard InChI is InChI=1S/C20H17F5N2O4/c1-3-4-5-6-27-19(29)10(7-26)9(2)12(20(27)30)11(28)8-31-18-16(24)14(22)13(21)15(23)17(18)25/h30H,3-6,8H2,1-2H3. The number of benzene rings is 1. The van der Waals surface area contributed by atoms with Gasteiger partial charge in [0.1, 0.15) is 11.6 Å². The summed E-state index contributed by atoms with van der Waals surface area (Å²) in [5.74, 6) is -15.0. The number of halogens is 5. The zero-order valence-electron chi connectivity index (χ0n) is 16.5. The first-order valence-corrected chi connectivity index (χ1v) is 9.12. The van der Waals surface area contributed by atoms with Gasteiger partial charge in [0.15, 0.2) is 12.4 Å². The van der Waals surface area contributed by atoms with Crippen LogP contribution in [0.25, 0.3) is 0 Å². The highest BCUT2D eigenvalue weighted by atomic mass is 19.2. The molecule has 1 aromatic carbocycles. The van der Waals surface area contributed by atoms with Crippen LogP contribution < -0.4 is 10.3 Å². The number of Topliss-reactive ketones (excluding diaryl/α,β-unsaturated/α-hetero) is 1. The Labute approximate surface area is 173 Å². The number of ether oxygens (including phenoxy) is 1. The Balaban J connectivity index is 2.46. The second kappa shape index (κ2) is 9.59. The quantitative estimate of drug-likeness (QED) is 0.219. The number of carbonyl (C=O) groups excluding carboxylic acids is 1. The molecule has 0 saturated carbocycles. The van der Waals surface area contributed by atoms with Crippen molar-refractivity contribution in [3.05, 3.63) is 56.1 Å². The van der Waals surface area contributed by atoms with E-state index in [0.717, 1.165) is 11.0 Å². The summed E-state index contributed by atoms with van der Waals surface area (Å²) in [4.78, 5) is 25.0. The zero-order chi connectivity index (χ0) is 23.5.